The fourth-order valence-electron chi connectivity index (χ4n) is 4.03. The number of rotatable bonds is 5. The van der Waals surface area contributed by atoms with E-state index in [4.69, 9.17) is 0 Å². The van der Waals surface area contributed by atoms with E-state index in [1.54, 1.807) is 0 Å². The minimum absolute atomic E-state index is 0.0150. The normalized spacial score (nSPS) is 23.8. The van der Waals surface area contributed by atoms with Gasteiger partial charge in [0.1, 0.15) is 0 Å². The molecule has 4 nitrogen and oxygen atoms in total. The number of nitrogens with one attached hydrogen (secondary N) is 1. The fourth-order valence-corrected chi connectivity index (χ4v) is 4.03. The Morgan fingerprint density at radius 3 is 2.68 bits per heavy atom. The number of aliphatic hydroxyl groups excluding tert-OH is 1. The molecule has 0 bridgehead atoms. The first-order chi connectivity index (χ1) is 12.3. The predicted molar refractivity (Wildman–Crippen MR) is 97.4 cm³/mol. The van der Waals surface area contributed by atoms with Gasteiger partial charge in [0.05, 0.1) is 12.6 Å². The molecule has 130 valence electrons. The van der Waals surface area contributed by atoms with Crippen molar-refractivity contribution in [3.8, 4) is 0 Å². The molecule has 2 N–H and O–H groups in total. The summed E-state index contributed by atoms with van der Waals surface area (Å²) in [7, 11) is 0. The number of fused-ring (bicyclic) bond motifs is 1. The second kappa shape index (κ2) is 6.89. The molecule has 0 saturated heterocycles. The van der Waals surface area contributed by atoms with Gasteiger partial charge in [-0.2, -0.15) is 0 Å². The summed E-state index contributed by atoms with van der Waals surface area (Å²) in [6.45, 7) is 0.354. The lowest BCUT2D eigenvalue weighted by atomic mass is 10.1. The van der Waals surface area contributed by atoms with Gasteiger partial charge in [0.2, 0.25) is 0 Å². The summed E-state index contributed by atoms with van der Waals surface area (Å²) < 4.78 is 0. The second-order valence-electron chi connectivity index (χ2n) is 6.98. The number of aliphatic hydroxyl groups is 1. The molecule has 3 unspecified atom stereocenters. The molecule has 2 aliphatic carbocycles. The van der Waals surface area contributed by atoms with E-state index in [1.165, 1.54) is 16.7 Å². The number of urea groups is 1. The van der Waals surface area contributed by atoms with Crippen LogP contribution in [0.4, 0.5) is 4.79 Å². The van der Waals surface area contributed by atoms with Crippen molar-refractivity contribution in [2.75, 3.05) is 13.2 Å². The minimum atomic E-state index is -0.0563. The molecule has 2 aromatic carbocycles. The predicted octanol–water partition coefficient (Wildman–Crippen LogP) is 3.23. The molecule has 1 fully saturated rings. The van der Waals surface area contributed by atoms with Gasteiger partial charge in [0.15, 0.2) is 0 Å². The molecular weight excluding hydrogens is 312 g/mol. The highest BCUT2D eigenvalue weighted by atomic mass is 16.3. The highest BCUT2D eigenvalue weighted by molar-refractivity contribution is 5.76. The van der Waals surface area contributed by atoms with Crippen molar-refractivity contribution in [3.63, 3.8) is 0 Å². The molecule has 0 aromatic heterocycles. The van der Waals surface area contributed by atoms with Crippen LogP contribution in [0.25, 0.3) is 0 Å². The van der Waals surface area contributed by atoms with Crippen molar-refractivity contribution in [2.24, 2.45) is 0 Å². The molecule has 4 rings (SSSR count). The van der Waals surface area contributed by atoms with Crippen molar-refractivity contribution in [1.82, 2.24) is 10.2 Å². The summed E-state index contributed by atoms with van der Waals surface area (Å²) in [5.74, 6) is 0.414. The molecule has 0 radical (unpaired) electrons. The van der Waals surface area contributed by atoms with E-state index in [0.29, 0.717) is 12.5 Å². The van der Waals surface area contributed by atoms with Gasteiger partial charge in [0, 0.05) is 18.5 Å². The lowest BCUT2D eigenvalue weighted by Crippen LogP contribution is -2.44. The molecule has 0 aliphatic heterocycles. The fraction of sp³-hybridized carbons (Fsp3) is 0.381. The van der Waals surface area contributed by atoms with E-state index in [9.17, 15) is 9.90 Å². The second-order valence-corrected chi connectivity index (χ2v) is 6.98. The van der Waals surface area contributed by atoms with Crippen LogP contribution in [-0.2, 0) is 6.42 Å². The Kier molecular flexibility index (Phi) is 4.45. The number of benzene rings is 2. The number of nitrogens with zero attached hydrogens (tertiary/aromatic N) is 1. The summed E-state index contributed by atoms with van der Waals surface area (Å²) in [4.78, 5) is 14.7. The van der Waals surface area contributed by atoms with Crippen LogP contribution < -0.4 is 5.32 Å². The topological polar surface area (TPSA) is 52.6 Å². The average molecular weight is 336 g/mol. The minimum Gasteiger partial charge on any atom is -0.395 e. The Labute approximate surface area is 148 Å². The highest BCUT2D eigenvalue weighted by Crippen LogP contribution is 2.41. The first kappa shape index (κ1) is 16.2. The summed E-state index contributed by atoms with van der Waals surface area (Å²) in [5.41, 5.74) is 3.83. The van der Waals surface area contributed by atoms with Crippen molar-refractivity contribution < 1.29 is 9.90 Å². The molecule has 0 heterocycles. The van der Waals surface area contributed by atoms with Crippen LogP contribution >= 0.6 is 0 Å². The first-order valence-corrected chi connectivity index (χ1v) is 9.08. The smallest absolute Gasteiger partial charge is 0.318 e. The van der Waals surface area contributed by atoms with Crippen molar-refractivity contribution in [3.05, 3.63) is 71.3 Å². The van der Waals surface area contributed by atoms with Crippen LogP contribution in [0.5, 0.6) is 0 Å². The van der Waals surface area contributed by atoms with Gasteiger partial charge in [-0.1, -0.05) is 54.6 Å². The van der Waals surface area contributed by atoms with Gasteiger partial charge in [-0.25, -0.2) is 4.79 Å². The van der Waals surface area contributed by atoms with E-state index in [0.717, 1.165) is 19.3 Å². The third kappa shape index (κ3) is 3.27. The van der Waals surface area contributed by atoms with Gasteiger partial charge in [0.25, 0.3) is 0 Å². The summed E-state index contributed by atoms with van der Waals surface area (Å²) >= 11 is 0. The number of hydrogen-bond acceptors (Lipinski definition) is 2. The SMILES string of the molecule is O=C(NC1CC1c1ccccc1)N(CCO)C1CCc2ccccc21. The van der Waals surface area contributed by atoms with Crippen molar-refractivity contribution >= 4 is 6.03 Å². The van der Waals surface area contributed by atoms with E-state index >= 15 is 0 Å². The van der Waals surface area contributed by atoms with Gasteiger partial charge in [-0.05, 0) is 36.0 Å². The van der Waals surface area contributed by atoms with Crippen LogP contribution in [0, 0.1) is 0 Å². The largest absolute Gasteiger partial charge is 0.395 e. The lowest BCUT2D eigenvalue weighted by Gasteiger charge is -2.29. The zero-order chi connectivity index (χ0) is 17.2. The third-order valence-corrected chi connectivity index (χ3v) is 5.41. The Bertz CT molecular complexity index is 747. The zero-order valence-electron chi connectivity index (χ0n) is 14.3. The molecule has 2 amide bonds. The molecule has 25 heavy (non-hydrogen) atoms. The van der Waals surface area contributed by atoms with Crippen molar-refractivity contribution in [1.29, 1.82) is 0 Å². The number of aryl methyl sites for hydroxylation is 1. The Morgan fingerprint density at radius 2 is 1.88 bits per heavy atom. The maximum atomic E-state index is 12.9. The van der Waals surface area contributed by atoms with Crippen LogP contribution in [-0.4, -0.2) is 35.2 Å². The number of amides is 2. The molecule has 2 aliphatic rings. The number of carbonyl (C=O) groups is 1. The monoisotopic (exact) mass is 336 g/mol. The summed E-state index contributed by atoms with van der Waals surface area (Å²) in [5, 5.41) is 12.6. The molecule has 4 heteroatoms. The van der Waals surface area contributed by atoms with Crippen LogP contribution in [0.1, 0.15) is 41.5 Å². The van der Waals surface area contributed by atoms with Crippen LogP contribution in [0.3, 0.4) is 0 Å². The van der Waals surface area contributed by atoms with Gasteiger partial charge in [-0.15, -0.1) is 0 Å². The summed E-state index contributed by atoms with van der Waals surface area (Å²) in [6.07, 6.45) is 2.91. The molecule has 1 saturated carbocycles. The third-order valence-electron chi connectivity index (χ3n) is 5.41. The quantitative estimate of drug-likeness (QED) is 0.881. The average Bonchev–Trinajstić information content (AvgIpc) is 3.29. The molecule has 0 spiro atoms. The van der Waals surface area contributed by atoms with E-state index in [-0.39, 0.29) is 24.7 Å². The maximum Gasteiger partial charge on any atom is 0.318 e. The number of carbonyl (C=O) groups excluding carboxylic acids is 1. The molecule has 3 atom stereocenters. The van der Waals surface area contributed by atoms with Crippen molar-refractivity contribution in [2.45, 2.75) is 37.3 Å². The van der Waals surface area contributed by atoms with E-state index in [1.807, 2.05) is 35.2 Å². The van der Waals surface area contributed by atoms with Crippen LogP contribution in [0.2, 0.25) is 0 Å². The van der Waals surface area contributed by atoms with E-state index < -0.39 is 0 Å². The standard InChI is InChI=1S/C21H24N2O2/c24-13-12-23(20-11-10-16-8-4-5-9-17(16)20)21(25)22-19-14-18(19)15-6-2-1-3-7-15/h1-9,18-20,24H,10-14H2,(H,22,25). The summed E-state index contributed by atoms with van der Waals surface area (Å²) in [6, 6.07) is 18.9. The maximum absolute atomic E-state index is 12.9. The molecular formula is C21H24N2O2. The Morgan fingerprint density at radius 1 is 1.12 bits per heavy atom. The van der Waals surface area contributed by atoms with Gasteiger partial charge >= 0.3 is 6.03 Å². The van der Waals surface area contributed by atoms with E-state index in [2.05, 4.69) is 29.6 Å². The first-order valence-electron chi connectivity index (χ1n) is 9.08. The zero-order valence-corrected chi connectivity index (χ0v) is 14.3. The Balaban J connectivity index is 1.44. The highest BCUT2D eigenvalue weighted by Gasteiger charge is 2.41. The van der Waals surface area contributed by atoms with Crippen LogP contribution in [0.15, 0.2) is 54.6 Å². The Hall–Kier alpha value is -2.33. The van der Waals surface area contributed by atoms with Gasteiger partial charge in [-0.3, -0.25) is 0 Å². The lowest BCUT2D eigenvalue weighted by molar-refractivity contribution is 0.151. The number of hydrogen-bond donors (Lipinski definition) is 2. The van der Waals surface area contributed by atoms with Gasteiger partial charge < -0.3 is 15.3 Å². The molecule has 2 aromatic rings.